The maximum Gasteiger partial charge on any atom is 0.240 e. The van der Waals surface area contributed by atoms with Gasteiger partial charge in [-0.1, -0.05) is 13.8 Å². The average molecular weight is 224 g/mol. The second-order valence-corrected chi connectivity index (χ2v) is 6.01. The van der Waals surface area contributed by atoms with Crippen LogP contribution in [-0.4, -0.2) is 36.5 Å². The van der Waals surface area contributed by atoms with Crippen molar-refractivity contribution in [2.45, 2.75) is 58.0 Å². The van der Waals surface area contributed by atoms with Crippen molar-refractivity contribution in [2.75, 3.05) is 13.6 Å². The molecule has 16 heavy (non-hydrogen) atoms. The van der Waals surface area contributed by atoms with Gasteiger partial charge in [-0.15, -0.1) is 0 Å². The number of rotatable bonds is 2. The van der Waals surface area contributed by atoms with Gasteiger partial charge in [-0.2, -0.15) is 0 Å². The van der Waals surface area contributed by atoms with Gasteiger partial charge in [0.25, 0.3) is 0 Å². The van der Waals surface area contributed by atoms with E-state index in [1.807, 2.05) is 11.9 Å². The fourth-order valence-corrected chi connectivity index (χ4v) is 2.79. The van der Waals surface area contributed by atoms with E-state index in [1.54, 1.807) is 0 Å². The highest BCUT2D eigenvalue weighted by Crippen LogP contribution is 2.32. The van der Waals surface area contributed by atoms with Gasteiger partial charge in [-0.25, -0.2) is 0 Å². The maximum absolute atomic E-state index is 12.4. The van der Waals surface area contributed by atoms with Crippen LogP contribution >= 0.6 is 0 Å². The highest BCUT2D eigenvalue weighted by molar-refractivity contribution is 5.83. The summed E-state index contributed by atoms with van der Waals surface area (Å²) in [7, 11) is 1.97. The first kappa shape index (κ1) is 11.9. The van der Waals surface area contributed by atoms with Crippen molar-refractivity contribution in [1.82, 2.24) is 10.2 Å². The molecule has 0 spiro atoms. The quantitative estimate of drug-likeness (QED) is 0.775. The van der Waals surface area contributed by atoms with Crippen LogP contribution in [0.25, 0.3) is 0 Å². The fourth-order valence-electron chi connectivity index (χ4n) is 2.79. The smallest absolute Gasteiger partial charge is 0.240 e. The number of hydrogen-bond donors (Lipinski definition) is 1. The molecule has 1 aliphatic carbocycles. The average Bonchev–Trinajstić information content (AvgIpc) is 2.13. The van der Waals surface area contributed by atoms with Crippen molar-refractivity contribution < 1.29 is 4.79 Å². The number of carbonyl (C=O) groups is 1. The number of likely N-dealkylation sites (N-methyl/N-ethyl adjacent to an activating group) is 1. The molecule has 0 aromatic carbocycles. The molecule has 1 aliphatic heterocycles. The van der Waals surface area contributed by atoms with Crippen LogP contribution in [0.15, 0.2) is 0 Å². The highest BCUT2D eigenvalue weighted by Gasteiger charge is 2.40. The molecule has 1 atom stereocenters. The Morgan fingerprint density at radius 3 is 2.50 bits per heavy atom. The van der Waals surface area contributed by atoms with Crippen molar-refractivity contribution in [3.8, 4) is 0 Å². The van der Waals surface area contributed by atoms with Gasteiger partial charge in [0.05, 0.1) is 6.04 Å². The van der Waals surface area contributed by atoms with Crippen LogP contribution in [0.3, 0.4) is 0 Å². The number of hydrogen-bond acceptors (Lipinski definition) is 2. The fraction of sp³-hybridized carbons (Fsp3) is 0.923. The number of nitrogens with one attached hydrogen (secondary N) is 1. The molecule has 92 valence electrons. The van der Waals surface area contributed by atoms with Gasteiger partial charge in [0, 0.05) is 13.1 Å². The molecule has 2 fully saturated rings. The maximum atomic E-state index is 12.4. The number of amides is 1. The van der Waals surface area contributed by atoms with E-state index >= 15 is 0 Å². The van der Waals surface area contributed by atoms with Crippen LogP contribution in [0.4, 0.5) is 0 Å². The Morgan fingerprint density at radius 1 is 1.31 bits per heavy atom. The molecule has 1 N–H and O–H groups in total. The van der Waals surface area contributed by atoms with Crippen LogP contribution in [0, 0.1) is 5.41 Å². The number of carbonyl (C=O) groups excluding carboxylic acids is 1. The highest BCUT2D eigenvalue weighted by atomic mass is 16.2. The molecule has 2 rings (SSSR count). The predicted octanol–water partition coefficient (Wildman–Crippen LogP) is 1.78. The molecule has 2 aliphatic rings. The summed E-state index contributed by atoms with van der Waals surface area (Å²) >= 11 is 0. The van der Waals surface area contributed by atoms with Gasteiger partial charge in [-0.05, 0) is 44.1 Å². The van der Waals surface area contributed by atoms with Crippen LogP contribution in [0.2, 0.25) is 0 Å². The topological polar surface area (TPSA) is 32.3 Å². The molecule has 3 heteroatoms. The minimum Gasteiger partial charge on any atom is -0.341 e. The molecule has 0 radical (unpaired) electrons. The minimum atomic E-state index is 0.0202. The second kappa shape index (κ2) is 4.36. The lowest BCUT2D eigenvalue weighted by Gasteiger charge is -2.43. The first-order chi connectivity index (χ1) is 7.52. The summed E-state index contributed by atoms with van der Waals surface area (Å²) < 4.78 is 0. The molecular formula is C13H24N2O. The summed E-state index contributed by atoms with van der Waals surface area (Å²) in [5, 5.41) is 3.40. The number of nitrogens with zero attached hydrogens (tertiary/aromatic N) is 1. The summed E-state index contributed by atoms with van der Waals surface area (Å²) in [6.45, 7) is 5.39. The van der Waals surface area contributed by atoms with Gasteiger partial charge in [0.2, 0.25) is 5.91 Å². The lowest BCUT2D eigenvalue weighted by Crippen LogP contribution is -2.58. The SMILES string of the molecule is CN(C(=O)C1NCCCC1(C)C)C1CCC1. The van der Waals surface area contributed by atoms with E-state index in [9.17, 15) is 4.79 Å². The normalized spacial score (nSPS) is 29.6. The van der Waals surface area contributed by atoms with E-state index in [-0.39, 0.29) is 11.5 Å². The van der Waals surface area contributed by atoms with Gasteiger partial charge in [0.1, 0.15) is 0 Å². The summed E-state index contributed by atoms with van der Waals surface area (Å²) in [6.07, 6.45) is 5.99. The minimum absolute atomic E-state index is 0.0202. The Hall–Kier alpha value is -0.570. The van der Waals surface area contributed by atoms with Gasteiger partial charge in [0.15, 0.2) is 0 Å². The van der Waals surface area contributed by atoms with Crippen LogP contribution in [-0.2, 0) is 4.79 Å². The molecule has 1 saturated carbocycles. The van der Waals surface area contributed by atoms with Crippen LogP contribution in [0.1, 0.15) is 46.0 Å². The first-order valence-electron chi connectivity index (χ1n) is 6.52. The summed E-state index contributed by atoms with van der Waals surface area (Å²) in [4.78, 5) is 14.4. The van der Waals surface area contributed by atoms with Crippen molar-refractivity contribution in [3.63, 3.8) is 0 Å². The van der Waals surface area contributed by atoms with Gasteiger partial charge in [-0.3, -0.25) is 4.79 Å². The van der Waals surface area contributed by atoms with E-state index in [0.717, 1.165) is 13.0 Å². The lowest BCUT2D eigenvalue weighted by atomic mass is 9.76. The first-order valence-corrected chi connectivity index (χ1v) is 6.52. The Labute approximate surface area is 98.6 Å². The van der Waals surface area contributed by atoms with Gasteiger partial charge < -0.3 is 10.2 Å². The third-order valence-corrected chi connectivity index (χ3v) is 4.34. The Morgan fingerprint density at radius 2 is 2.00 bits per heavy atom. The standard InChI is InChI=1S/C13H24N2O/c1-13(2)8-5-9-14-11(13)12(16)15(3)10-6-4-7-10/h10-11,14H,4-9H2,1-3H3. The molecule has 0 bridgehead atoms. The molecule has 0 aromatic rings. The lowest BCUT2D eigenvalue weighted by molar-refractivity contribution is -0.139. The Balaban J connectivity index is 2.01. The van der Waals surface area contributed by atoms with Crippen molar-refractivity contribution in [1.29, 1.82) is 0 Å². The molecule has 0 aromatic heterocycles. The zero-order valence-electron chi connectivity index (χ0n) is 10.8. The largest absolute Gasteiger partial charge is 0.341 e. The zero-order chi connectivity index (χ0) is 11.8. The summed E-state index contributed by atoms with van der Waals surface area (Å²) in [5.74, 6) is 0.300. The molecule has 1 saturated heterocycles. The van der Waals surface area contributed by atoms with Crippen LogP contribution in [0.5, 0.6) is 0 Å². The van der Waals surface area contributed by atoms with E-state index < -0.39 is 0 Å². The molecule has 1 amide bonds. The van der Waals surface area contributed by atoms with Crippen molar-refractivity contribution >= 4 is 5.91 Å². The van der Waals surface area contributed by atoms with E-state index in [0.29, 0.717) is 11.9 Å². The zero-order valence-corrected chi connectivity index (χ0v) is 10.8. The molecule has 1 heterocycles. The third kappa shape index (κ3) is 2.10. The molecule has 3 nitrogen and oxygen atoms in total. The summed E-state index contributed by atoms with van der Waals surface area (Å²) in [5.41, 5.74) is 0.105. The van der Waals surface area contributed by atoms with E-state index in [2.05, 4.69) is 19.2 Å². The van der Waals surface area contributed by atoms with Crippen molar-refractivity contribution in [2.24, 2.45) is 5.41 Å². The predicted molar refractivity (Wildman–Crippen MR) is 65.2 cm³/mol. The Bertz CT molecular complexity index is 271. The second-order valence-electron chi connectivity index (χ2n) is 6.01. The number of piperidine rings is 1. The molecule has 1 unspecified atom stereocenters. The van der Waals surface area contributed by atoms with E-state index in [1.165, 1.54) is 25.7 Å². The monoisotopic (exact) mass is 224 g/mol. The van der Waals surface area contributed by atoms with Gasteiger partial charge >= 0.3 is 0 Å². The Kier molecular flexibility index (Phi) is 3.24. The van der Waals surface area contributed by atoms with E-state index in [4.69, 9.17) is 0 Å². The van der Waals surface area contributed by atoms with Crippen LogP contribution < -0.4 is 5.32 Å². The molecular weight excluding hydrogens is 200 g/mol. The summed E-state index contributed by atoms with van der Waals surface area (Å²) in [6, 6.07) is 0.527. The third-order valence-electron chi connectivity index (χ3n) is 4.34. The van der Waals surface area contributed by atoms with Crippen molar-refractivity contribution in [3.05, 3.63) is 0 Å².